The highest BCUT2D eigenvalue weighted by Gasteiger charge is 2.24. The third-order valence-corrected chi connectivity index (χ3v) is 4.15. The van der Waals surface area contributed by atoms with Crippen molar-refractivity contribution in [3.8, 4) is 0 Å². The number of rotatable bonds is 4. The highest BCUT2D eigenvalue weighted by Crippen LogP contribution is 2.30. The molecule has 2 atom stereocenters. The molecule has 3 nitrogen and oxygen atoms in total. The van der Waals surface area contributed by atoms with Crippen LogP contribution in [0.15, 0.2) is 18.5 Å². The third kappa shape index (κ3) is 3.90. The Kier molecular flexibility index (Phi) is 5.14. The van der Waals surface area contributed by atoms with E-state index in [1.807, 2.05) is 0 Å². The standard InChI is InChI=1S/C14H18ClFN2O/c15-6-10-3-1-2-4-11(10)8-18-14(19)12-5-13(16)9-17-7-12/h5,7,9-11H,1-4,6,8H2,(H,18,19). The number of carbonyl (C=O) groups is 1. The van der Waals surface area contributed by atoms with Gasteiger partial charge in [0.1, 0.15) is 5.82 Å². The van der Waals surface area contributed by atoms with E-state index in [0.717, 1.165) is 19.0 Å². The maximum atomic E-state index is 13.0. The first kappa shape index (κ1) is 14.3. The number of hydrogen-bond donors (Lipinski definition) is 1. The quantitative estimate of drug-likeness (QED) is 0.864. The number of hydrogen-bond acceptors (Lipinski definition) is 2. The largest absolute Gasteiger partial charge is 0.352 e. The van der Waals surface area contributed by atoms with Crippen LogP contribution in [-0.2, 0) is 0 Å². The molecule has 1 N–H and O–H groups in total. The molecule has 5 heteroatoms. The van der Waals surface area contributed by atoms with Crippen molar-refractivity contribution in [2.45, 2.75) is 25.7 Å². The number of aromatic nitrogens is 1. The van der Waals surface area contributed by atoms with Gasteiger partial charge < -0.3 is 5.32 Å². The topological polar surface area (TPSA) is 42.0 Å². The van der Waals surface area contributed by atoms with Crippen molar-refractivity contribution < 1.29 is 9.18 Å². The summed E-state index contributed by atoms with van der Waals surface area (Å²) in [5, 5.41) is 2.86. The number of pyridine rings is 1. The maximum absolute atomic E-state index is 13.0. The molecule has 1 aliphatic rings. The second kappa shape index (κ2) is 6.85. The summed E-state index contributed by atoms with van der Waals surface area (Å²) in [6.45, 7) is 0.604. The molecular weight excluding hydrogens is 267 g/mol. The van der Waals surface area contributed by atoms with Gasteiger partial charge in [-0.2, -0.15) is 0 Å². The van der Waals surface area contributed by atoms with Gasteiger partial charge in [0.25, 0.3) is 5.91 Å². The van der Waals surface area contributed by atoms with Crippen LogP contribution in [0.5, 0.6) is 0 Å². The van der Waals surface area contributed by atoms with E-state index in [1.165, 1.54) is 25.1 Å². The first-order chi connectivity index (χ1) is 9.20. The molecule has 0 bridgehead atoms. The third-order valence-electron chi connectivity index (χ3n) is 3.76. The summed E-state index contributed by atoms with van der Waals surface area (Å²) in [6, 6.07) is 1.20. The van der Waals surface area contributed by atoms with Gasteiger partial charge in [0.15, 0.2) is 0 Å². The Morgan fingerprint density at radius 2 is 2.11 bits per heavy atom. The van der Waals surface area contributed by atoms with Crippen LogP contribution in [0, 0.1) is 17.7 Å². The molecule has 104 valence electrons. The number of nitrogens with one attached hydrogen (secondary N) is 1. The van der Waals surface area contributed by atoms with E-state index < -0.39 is 5.82 Å². The Morgan fingerprint density at radius 3 is 2.79 bits per heavy atom. The van der Waals surface area contributed by atoms with Crippen molar-refractivity contribution in [3.05, 3.63) is 29.8 Å². The zero-order valence-electron chi connectivity index (χ0n) is 10.7. The van der Waals surface area contributed by atoms with E-state index in [2.05, 4.69) is 10.3 Å². The van der Waals surface area contributed by atoms with Crippen LogP contribution in [0.4, 0.5) is 4.39 Å². The van der Waals surface area contributed by atoms with Gasteiger partial charge in [0, 0.05) is 18.6 Å². The molecule has 19 heavy (non-hydrogen) atoms. The van der Waals surface area contributed by atoms with Gasteiger partial charge in [0.05, 0.1) is 11.8 Å². The summed E-state index contributed by atoms with van der Waals surface area (Å²) >= 11 is 5.96. The molecule has 0 radical (unpaired) electrons. The fourth-order valence-electron chi connectivity index (χ4n) is 2.62. The van der Waals surface area contributed by atoms with Crippen LogP contribution in [0.25, 0.3) is 0 Å². The minimum Gasteiger partial charge on any atom is -0.352 e. The molecule has 1 saturated carbocycles. The highest BCUT2D eigenvalue weighted by molar-refractivity contribution is 6.18. The van der Waals surface area contributed by atoms with Crippen molar-refractivity contribution in [3.63, 3.8) is 0 Å². The van der Waals surface area contributed by atoms with Gasteiger partial charge in [-0.3, -0.25) is 9.78 Å². The molecule has 1 aliphatic carbocycles. The van der Waals surface area contributed by atoms with E-state index in [9.17, 15) is 9.18 Å². The van der Waals surface area contributed by atoms with Crippen LogP contribution in [-0.4, -0.2) is 23.3 Å². The Morgan fingerprint density at radius 1 is 1.37 bits per heavy atom. The van der Waals surface area contributed by atoms with Gasteiger partial charge in [0.2, 0.25) is 0 Å². The predicted molar refractivity (Wildman–Crippen MR) is 72.7 cm³/mol. The summed E-state index contributed by atoms with van der Waals surface area (Å²) < 4.78 is 13.0. The molecule has 0 aromatic carbocycles. The average Bonchev–Trinajstić information content (AvgIpc) is 2.45. The minimum atomic E-state index is -0.496. The molecule has 0 saturated heterocycles. The second-order valence-corrected chi connectivity index (χ2v) is 5.37. The lowest BCUT2D eigenvalue weighted by molar-refractivity contribution is 0.0936. The summed E-state index contributed by atoms with van der Waals surface area (Å²) in [4.78, 5) is 15.6. The molecule has 2 unspecified atom stereocenters. The van der Waals surface area contributed by atoms with E-state index in [4.69, 9.17) is 11.6 Å². The van der Waals surface area contributed by atoms with E-state index in [0.29, 0.717) is 24.3 Å². The zero-order valence-corrected chi connectivity index (χ0v) is 11.5. The van der Waals surface area contributed by atoms with Gasteiger partial charge in [-0.05, 0) is 30.7 Å². The molecule has 2 rings (SSSR count). The van der Waals surface area contributed by atoms with Gasteiger partial charge in [-0.25, -0.2) is 4.39 Å². The van der Waals surface area contributed by atoms with E-state index in [-0.39, 0.29) is 11.5 Å². The monoisotopic (exact) mass is 284 g/mol. The average molecular weight is 285 g/mol. The number of halogens is 2. The Hall–Kier alpha value is -1.16. The summed E-state index contributed by atoms with van der Waals surface area (Å²) in [5.41, 5.74) is 0.262. The first-order valence-corrected chi connectivity index (χ1v) is 7.19. The van der Waals surface area contributed by atoms with Crippen LogP contribution < -0.4 is 5.32 Å². The first-order valence-electron chi connectivity index (χ1n) is 6.65. The van der Waals surface area contributed by atoms with Crippen molar-refractivity contribution in [1.82, 2.24) is 10.3 Å². The molecular formula is C14H18ClFN2O. The molecule has 1 aromatic rings. The van der Waals surface area contributed by atoms with Crippen molar-refractivity contribution >= 4 is 17.5 Å². The van der Waals surface area contributed by atoms with Gasteiger partial charge in [-0.15, -0.1) is 11.6 Å². The number of nitrogens with zero attached hydrogens (tertiary/aromatic N) is 1. The van der Waals surface area contributed by atoms with Crippen LogP contribution >= 0.6 is 11.6 Å². The predicted octanol–water partition coefficient (Wildman–Crippen LogP) is 3.00. The molecule has 1 aromatic heterocycles. The lowest BCUT2D eigenvalue weighted by Crippen LogP contribution is -2.35. The van der Waals surface area contributed by atoms with E-state index in [1.54, 1.807) is 0 Å². The van der Waals surface area contributed by atoms with Crippen LogP contribution in [0.2, 0.25) is 0 Å². The summed E-state index contributed by atoms with van der Waals surface area (Å²) in [7, 11) is 0. The fraction of sp³-hybridized carbons (Fsp3) is 0.571. The molecule has 0 aliphatic heterocycles. The Labute approximate surface area is 117 Å². The fourth-order valence-corrected chi connectivity index (χ4v) is 3.02. The van der Waals surface area contributed by atoms with Crippen LogP contribution in [0.3, 0.4) is 0 Å². The van der Waals surface area contributed by atoms with E-state index >= 15 is 0 Å². The maximum Gasteiger partial charge on any atom is 0.252 e. The normalized spacial score (nSPS) is 23.1. The van der Waals surface area contributed by atoms with Crippen LogP contribution in [0.1, 0.15) is 36.0 Å². The highest BCUT2D eigenvalue weighted by atomic mass is 35.5. The number of carbonyl (C=O) groups excluding carboxylic acids is 1. The van der Waals surface area contributed by atoms with Gasteiger partial charge >= 0.3 is 0 Å². The smallest absolute Gasteiger partial charge is 0.252 e. The molecule has 1 amide bonds. The van der Waals surface area contributed by atoms with Gasteiger partial charge in [-0.1, -0.05) is 12.8 Å². The second-order valence-electron chi connectivity index (χ2n) is 5.06. The SMILES string of the molecule is O=C(NCC1CCCCC1CCl)c1cncc(F)c1. The summed E-state index contributed by atoms with van der Waals surface area (Å²) in [5.74, 6) is 0.773. The zero-order chi connectivity index (χ0) is 13.7. The Balaban J connectivity index is 1.89. The molecule has 1 fully saturated rings. The minimum absolute atomic E-state index is 0.262. The van der Waals surface area contributed by atoms with Crippen molar-refractivity contribution in [1.29, 1.82) is 0 Å². The lowest BCUT2D eigenvalue weighted by atomic mass is 9.80. The molecule has 0 spiro atoms. The molecule has 1 heterocycles. The van der Waals surface area contributed by atoms with Crippen molar-refractivity contribution in [2.75, 3.05) is 12.4 Å². The summed E-state index contributed by atoms with van der Waals surface area (Å²) in [6.07, 6.45) is 7.09. The number of amides is 1. The lowest BCUT2D eigenvalue weighted by Gasteiger charge is -2.30. The Bertz CT molecular complexity index is 441. The van der Waals surface area contributed by atoms with Crippen molar-refractivity contribution in [2.24, 2.45) is 11.8 Å². The number of alkyl halides is 1.